The van der Waals surface area contributed by atoms with Crippen LogP contribution >= 0.6 is 11.3 Å². The monoisotopic (exact) mass is 283 g/mol. The Kier molecular flexibility index (Phi) is 3.12. The summed E-state index contributed by atoms with van der Waals surface area (Å²) in [5.74, 6) is 0.391. The molecule has 0 atom stereocenters. The number of fused-ring (bicyclic) bond motifs is 1. The van der Waals surface area contributed by atoms with Gasteiger partial charge < -0.3 is 11.1 Å². The molecule has 3 rings (SSSR count). The maximum atomic E-state index is 12.4. The van der Waals surface area contributed by atoms with Crippen LogP contribution in [0.25, 0.3) is 10.1 Å². The predicted molar refractivity (Wildman–Crippen MR) is 83.2 cm³/mol. The molecule has 0 saturated carbocycles. The van der Waals surface area contributed by atoms with Crippen LogP contribution in [0.2, 0.25) is 0 Å². The third kappa shape index (κ3) is 2.23. The second kappa shape index (κ2) is 4.94. The molecule has 3 aromatic rings. The number of anilines is 2. The Labute approximate surface area is 120 Å². The van der Waals surface area contributed by atoms with Crippen LogP contribution in [0, 0.1) is 6.92 Å². The van der Waals surface area contributed by atoms with Crippen molar-refractivity contribution in [1.82, 2.24) is 4.98 Å². The second-order valence-corrected chi connectivity index (χ2v) is 5.45. The first-order valence-electron chi connectivity index (χ1n) is 6.15. The Hall–Kier alpha value is -2.40. The van der Waals surface area contributed by atoms with Crippen LogP contribution in [0.5, 0.6) is 0 Å². The summed E-state index contributed by atoms with van der Waals surface area (Å²) in [6.07, 6.45) is 1.54. The minimum atomic E-state index is -0.150. The van der Waals surface area contributed by atoms with Crippen LogP contribution in [-0.2, 0) is 0 Å². The number of nitrogens with zero attached hydrogens (tertiary/aromatic N) is 1. The highest BCUT2D eigenvalue weighted by atomic mass is 32.1. The van der Waals surface area contributed by atoms with Crippen LogP contribution in [-0.4, -0.2) is 10.9 Å². The number of pyridine rings is 1. The van der Waals surface area contributed by atoms with Crippen LogP contribution in [0.4, 0.5) is 11.5 Å². The molecule has 2 aromatic heterocycles. The lowest BCUT2D eigenvalue weighted by molar-refractivity contribution is 0.102. The van der Waals surface area contributed by atoms with Gasteiger partial charge in [0.15, 0.2) is 0 Å². The molecule has 0 fully saturated rings. The van der Waals surface area contributed by atoms with E-state index in [1.807, 2.05) is 36.6 Å². The highest BCUT2D eigenvalue weighted by Crippen LogP contribution is 2.26. The van der Waals surface area contributed by atoms with Crippen molar-refractivity contribution in [3.63, 3.8) is 0 Å². The standard InChI is InChI=1S/C15H13N3OS/c1-9-6-10(16)7-17-14(9)18-15(19)12-8-20-13-5-3-2-4-11(12)13/h2-8H,16H2,1H3,(H,17,18,19). The fraction of sp³-hybridized carbons (Fsp3) is 0.0667. The minimum Gasteiger partial charge on any atom is -0.397 e. The molecule has 2 heterocycles. The lowest BCUT2D eigenvalue weighted by Gasteiger charge is -2.07. The minimum absolute atomic E-state index is 0.150. The Morgan fingerprint density at radius 1 is 1.35 bits per heavy atom. The van der Waals surface area contributed by atoms with E-state index in [1.165, 1.54) is 6.20 Å². The van der Waals surface area contributed by atoms with E-state index in [2.05, 4.69) is 10.3 Å². The van der Waals surface area contributed by atoms with E-state index < -0.39 is 0 Å². The summed E-state index contributed by atoms with van der Waals surface area (Å²) in [6.45, 7) is 1.87. The molecule has 0 radical (unpaired) electrons. The van der Waals surface area contributed by atoms with Crippen molar-refractivity contribution in [2.24, 2.45) is 0 Å². The Morgan fingerprint density at radius 2 is 2.15 bits per heavy atom. The number of aryl methyl sites for hydroxylation is 1. The van der Waals surface area contributed by atoms with E-state index in [0.29, 0.717) is 17.1 Å². The summed E-state index contributed by atoms with van der Waals surface area (Å²) in [4.78, 5) is 16.5. The Morgan fingerprint density at radius 3 is 2.95 bits per heavy atom. The van der Waals surface area contributed by atoms with Crippen molar-refractivity contribution in [3.05, 3.63) is 53.0 Å². The maximum Gasteiger partial charge on any atom is 0.258 e. The third-order valence-electron chi connectivity index (χ3n) is 3.06. The van der Waals surface area contributed by atoms with Crippen LogP contribution in [0.3, 0.4) is 0 Å². The first-order valence-corrected chi connectivity index (χ1v) is 7.03. The van der Waals surface area contributed by atoms with Crippen molar-refractivity contribution in [2.75, 3.05) is 11.1 Å². The summed E-state index contributed by atoms with van der Waals surface area (Å²) in [5.41, 5.74) is 7.75. The van der Waals surface area contributed by atoms with Crippen LogP contribution < -0.4 is 11.1 Å². The molecule has 20 heavy (non-hydrogen) atoms. The predicted octanol–water partition coefficient (Wildman–Crippen LogP) is 3.44. The van der Waals surface area contributed by atoms with Gasteiger partial charge in [0.25, 0.3) is 5.91 Å². The highest BCUT2D eigenvalue weighted by molar-refractivity contribution is 7.17. The lowest BCUT2D eigenvalue weighted by Crippen LogP contribution is -2.13. The molecule has 3 N–H and O–H groups in total. The smallest absolute Gasteiger partial charge is 0.258 e. The maximum absolute atomic E-state index is 12.4. The number of hydrogen-bond donors (Lipinski definition) is 2. The van der Waals surface area contributed by atoms with Crippen LogP contribution in [0.1, 0.15) is 15.9 Å². The summed E-state index contributed by atoms with van der Waals surface area (Å²) in [6, 6.07) is 9.63. The first kappa shape index (κ1) is 12.6. The molecule has 0 spiro atoms. The van der Waals surface area contributed by atoms with Gasteiger partial charge in [-0.25, -0.2) is 4.98 Å². The lowest BCUT2D eigenvalue weighted by atomic mass is 10.1. The number of carbonyl (C=O) groups excluding carboxylic acids is 1. The van der Waals surface area contributed by atoms with Gasteiger partial charge >= 0.3 is 0 Å². The summed E-state index contributed by atoms with van der Waals surface area (Å²) in [5, 5.41) is 5.66. The Bertz CT molecular complexity index is 795. The molecule has 1 amide bonds. The average molecular weight is 283 g/mol. The SMILES string of the molecule is Cc1cc(N)cnc1NC(=O)c1csc2ccccc12. The van der Waals surface area contributed by atoms with Gasteiger partial charge in [0.05, 0.1) is 17.4 Å². The fourth-order valence-electron chi connectivity index (χ4n) is 2.06. The van der Waals surface area contributed by atoms with Gasteiger partial charge in [-0.15, -0.1) is 11.3 Å². The van der Waals surface area contributed by atoms with Crippen LogP contribution in [0.15, 0.2) is 41.9 Å². The normalized spacial score (nSPS) is 10.7. The molecular formula is C15H13N3OS. The molecule has 5 heteroatoms. The van der Waals surface area contributed by atoms with Gasteiger partial charge in [0, 0.05) is 15.5 Å². The van der Waals surface area contributed by atoms with Crippen molar-refractivity contribution >= 4 is 38.8 Å². The number of benzene rings is 1. The van der Waals surface area contributed by atoms with Gasteiger partial charge in [-0.1, -0.05) is 18.2 Å². The largest absolute Gasteiger partial charge is 0.397 e. The summed E-state index contributed by atoms with van der Waals surface area (Å²) < 4.78 is 1.10. The number of thiophene rings is 1. The number of rotatable bonds is 2. The zero-order valence-electron chi connectivity index (χ0n) is 10.9. The van der Waals surface area contributed by atoms with E-state index >= 15 is 0 Å². The topological polar surface area (TPSA) is 68.0 Å². The molecule has 4 nitrogen and oxygen atoms in total. The molecule has 0 unspecified atom stereocenters. The molecule has 100 valence electrons. The van der Waals surface area contributed by atoms with Crippen molar-refractivity contribution in [2.45, 2.75) is 6.92 Å². The number of aromatic nitrogens is 1. The molecule has 0 aliphatic rings. The zero-order chi connectivity index (χ0) is 14.1. The van der Waals surface area contributed by atoms with Gasteiger partial charge in [-0.05, 0) is 24.6 Å². The van der Waals surface area contributed by atoms with Crippen molar-refractivity contribution in [3.8, 4) is 0 Å². The van der Waals surface area contributed by atoms with Gasteiger partial charge in [0.1, 0.15) is 5.82 Å². The number of nitrogens with one attached hydrogen (secondary N) is 1. The molecule has 0 aliphatic carbocycles. The molecule has 1 aromatic carbocycles. The quantitative estimate of drug-likeness (QED) is 0.757. The van der Waals surface area contributed by atoms with Crippen molar-refractivity contribution in [1.29, 1.82) is 0 Å². The van der Waals surface area contributed by atoms with E-state index in [-0.39, 0.29) is 5.91 Å². The summed E-state index contributed by atoms with van der Waals surface area (Å²) in [7, 11) is 0. The molecule has 0 bridgehead atoms. The van der Waals surface area contributed by atoms with Gasteiger partial charge in [-0.3, -0.25) is 4.79 Å². The van der Waals surface area contributed by atoms with E-state index in [0.717, 1.165) is 15.6 Å². The molecule has 0 saturated heterocycles. The Balaban J connectivity index is 1.93. The number of nitrogens with two attached hydrogens (primary N) is 1. The summed E-state index contributed by atoms with van der Waals surface area (Å²) >= 11 is 1.56. The third-order valence-corrected chi connectivity index (χ3v) is 4.02. The number of hydrogen-bond acceptors (Lipinski definition) is 4. The number of carbonyl (C=O) groups is 1. The van der Waals surface area contributed by atoms with E-state index in [9.17, 15) is 4.79 Å². The second-order valence-electron chi connectivity index (χ2n) is 4.53. The van der Waals surface area contributed by atoms with Gasteiger partial charge in [0.2, 0.25) is 0 Å². The van der Waals surface area contributed by atoms with Gasteiger partial charge in [-0.2, -0.15) is 0 Å². The highest BCUT2D eigenvalue weighted by Gasteiger charge is 2.13. The number of amides is 1. The molecular weight excluding hydrogens is 270 g/mol. The number of nitrogen functional groups attached to an aromatic ring is 1. The first-order chi connectivity index (χ1) is 9.65. The van der Waals surface area contributed by atoms with E-state index in [1.54, 1.807) is 17.4 Å². The zero-order valence-corrected chi connectivity index (χ0v) is 11.7. The fourth-order valence-corrected chi connectivity index (χ4v) is 3.00. The van der Waals surface area contributed by atoms with Crippen molar-refractivity contribution < 1.29 is 4.79 Å². The van der Waals surface area contributed by atoms with E-state index in [4.69, 9.17) is 5.73 Å². The molecule has 0 aliphatic heterocycles. The average Bonchev–Trinajstić information content (AvgIpc) is 2.86.